The van der Waals surface area contributed by atoms with E-state index < -0.39 is 61.6 Å². The zero-order chi connectivity index (χ0) is 24.9. The van der Waals surface area contributed by atoms with Crippen molar-refractivity contribution in [2.75, 3.05) is 6.54 Å². The van der Waals surface area contributed by atoms with E-state index in [2.05, 4.69) is 14.9 Å². The maximum atomic E-state index is 13.7. The lowest BCUT2D eigenvalue weighted by atomic mass is 10.0. The minimum Gasteiger partial charge on any atom is -0.565 e. The van der Waals surface area contributed by atoms with Gasteiger partial charge in [0.2, 0.25) is 11.7 Å². The number of hydrogen-bond acceptors (Lipinski definition) is 8. The van der Waals surface area contributed by atoms with E-state index in [-0.39, 0.29) is 33.3 Å². The van der Waals surface area contributed by atoms with Gasteiger partial charge in [0.15, 0.2) is 17.5 Å². The van der Waals surface area contributed by atoms with E-state index in [4.69, 9.17) is 20.4 Å². The molecule has 1 aromatic heterocycles. The number of benzene rings is 1. The predicted octanol–water partition coefficient (Wildman–Crippen LogP) is 1.76. The van der Waals surface area contributed by atoms with Gasteiger partial charge in [-0.25, -0.2) is 18.4 Å². The SMILES string of the molecule is N[C@@H](CC(=O)N1CCn2c(nnc2C(F)(F)F)C1)Cc1c(F)ccc(F)c1F.O=[P+]([O-])OO.[HH]. The quantitative estimate of drug-likeness (QED) is 0.206. The first-order valence-corrected chi connectivity index (χ1v) is 10.1. The molecule has 1 amide bonds. The Labute approximate surface area is 183 Å². The van der Waals surface area contributed by atoms with Crippen LogP contribution in [0.5, 0.6) is 0 Å². The van der Waals surface area contributed by atoms with Gasteiger partial charge in [0.05, 0.1) is 6.54 Å². The van der Waals surface area contributed by atoms with Gasteiger partial charge >= 0.3 is 14.4 Å². The standard InChI is InChI=1S/C16H15F6N5O.HO4P.H2/c17-10-1-2-11(18)14(19)9(10)5-8(23)6-13(28)26-3-4-27-12(7-26)24-25-15(27)16(20,21)22;1-4-5(2)3;/h1-2,8H,3-7,23H2;1H;1H/t8-;;/m1../s1. The lowest BCUT2D eigenvalue weighted by molar-refractivity contribution is -0.244. The average Bonchev–Trinajstić information content (AvgIpc) is 3.18. The maximum absolute atomic E-state index is 13.7. The van der Waals surface area contributed by atoms with Crippen LogP contribution in [0.3, 0.4) is 0 Å². The Bertz CT molecular complexity index is 1030. The molecule has 1 unspecified atom stereocenters. The minimum atomic E-state index is -4.65. The largest absolute Gasteiger partial charge is 0.565 e. The van der Waals surface area contributed by atoms with Crippen LogP contribution in [0.2, 0.25) is 0 Å². The summed E-state index contributed by atoms with van der Waals surface area (Å²) in [6, 6.07) is 0.394. The molecule has 2 atom stereocenters. The molecule has 0 spiro atoms. The fourth-order valence-corrected chi connectivity index (χ4v) is 3.02. The molecule has 0 radical (unpaired) electrons. The molecule has 0 saturated heterocycles. The van der Waals surface area contributed by atoms with Crippen molar-refractivity contribution in [1.82, 2.24) is 19.7 Å². The molecule has 0 saturated carbocycles. The number of hydrogen-bond donors (Lipinski definition) is 2. The number of nitrogens with two attached hydrogens (primary N) is 1. The summed E-state index contributed by atoms with van der Waals surface area (Å²) in [4.78, 5) is 22.5. The zero-order valence-corrected chi connectivity index (χ0v) is 17.3. The Morgan fingerprint density at radius 2 is 1.88 bits per heavy atom. The fourth-order valence-electron chi connectivity index (χ4n) is 3.02. The van der Waals surface area contributed by atoms with Gasteiger partial charge in [0.25, 0.3) is 0 Å². The monoisotopic (exact) mass is 505 g/mol. The number of rotatable bonds is 5. The first-order chi connectivity index (χ1) is 15.3. The number of nitrogens with zero attached hydrogens (tertiary/aromatic N) is 4. The fraction of sp³-hybridized carbons (Fsp3) is 0.438. The van der Waals surface area contributed by atoms with E-state index in [9.17, 15) is 31.1 Å². The van der Waals surface area contributed by atoms with E-state index in [0.717, 1.165) is 10.6 Å². The van der Waals surface area contributed by atoms with Crippen molar-refractivity contribution in [1.29, 1.82) is 0 Å². The molecule has 1 aliphatic heterocycles. The summed E-state index contributed by atoms with van der Waals surface area (Å²) >= 11 is 0. The molecule has 2 heterocycles. The van der Waals surface area contributed by atoms with Crippen LogP contribution in [-0.4, -0.2) is 43.4 Å². The summed E-state index contributed by atoms with van der Waals surface area (Å²) in [5, 5.41) is 13.6. The van der Waals surface area contributed by atoms with E-state index in [1.54, 1.807) is 0 Å². The van der Waals surface area contributed by atoms with Crippen LogP contribution in [-0.2, 0) is 39.7 Å². The summed E-state index contributed by atoms with van der Waals surface area (Å²) in [6.07, 6.45) is -5.39. The number of aromatic nitrogens is 3. The number of halogens is 6. The van der Waals surface area contributed by atoms with Crippen molar-refractivity contribution < 1.29 is 52.0 Å². The third kappa shape index (κ3) is 6.91. The molecule has 10 nitrogen and oxygen atoms in total. The van der Waals surface area contributed by atoms with Gasteiger partial charge in [-0.15, -0.1) is 10.2 Å². The predicted molar refractivity (Wildman–Crippen MR) is 96.5 cm³/mol. The normalized spacial score (nSPS) is 14.8. The van der Waals surface area contributed by atoms with Gasteiger partial charge in [0, 0.05) is 37.2 Å². The number of carbonyl (C=O) groups is 1. The molecule has 0 fully saturated rings. The Morgan fingerprint density at radius 1 is 1.27 bits per heavy atom. The van der Waals surface area contributed by atoms with Gasteiger partial charge in [0.1, 0.15) is 5.82 Å². The zero-order valence-electron chi connectivity index (χ0n) is 16.4. The van der Waals surface area contributed by atoms with Gasteiger partial charge in [-0.05, 0) is 23.1 Å². The van der Waals surface area contributed by atoms with Crippen LogP contribution in [0.4, 0.5) is 26.3 Å². The Morgan fingerprint density at radius 3 is 2.45 bits per heavy atom. The molecular formula is C16H18F6N5O5P. The highest BCUT2D eigenvalue weighted by Crippen LogP contribution is 2.29. The molecule has 17 heteroatoms. The van der Waals surface area contributed by atoms with Crippen LogP contribution in [0.15, 0.2) is 12.1 Å². The molecule has 2 aromatic rings. The number of fused-ring (bicyclic) bond motifs is 1. The van der Waals surface area contributed by atoms with Crippen molar-refractivity contribution in [3.05, 3.63) is 46.8 Å². The third-order valence-electron chi connectivity index (χ3n) is 4.47. The van der Waals surface area contributed by atoms with Gasteiger partial charge in [-0.3, -0.25) is 4.79 Å². The lowest BCUT2D eigenvalue weighted by Gasteiger charge is -2.29. The highest BCUT2D eigenvalue weighted by atomic mass is 31.1. The third-order valence-corrected chi connectivity index (χ3v) is 4.60. The lowest BCUT2D eigenvalue weighted by Crippen LogP contribution is -2.42. The van der Waals surface area contributed by atoms with Crippen molar-refractivity contribution in [3.8, 4) is 0 Å². The Kier molecular flexibility index (Phi) is 8.85. The van der Waals surface area contributed by atoms with Crippen LogP contribution in [0.25, 0.3) is 0 Å². The van der Waals surface area contributed by atoms with Crippen LogP contribution < -0.4 is 10.6 Å². The smallest absolute Gasteiger partial charge is 0.521 e. The van der Waals surface area contributed by atoms with E-state index in [1.165, 1.54) is 4.90 Å². The van der Waals surface area contributed by atoms with Crippen LogP contribution in [0, 0.1) is 17.5 Å². The molecule has 33 heavy (non-hydrogen) atoms. The number of amides is 1. The molecule has 1 aromatic carbocycles. The van der Waals surface area contributed by atoms with Crippen molar-refractivity contribution in [3.63, 3.8) is 0 Å². The van der Waals surface area contributed by atoms with E-state index >= 15 is 0 Å². The molecule has 3 rings (SSSR count). The van der Waals surface area contributed by atoms with E-state index in [0.29, 0.717) is 6.07 Å². The van der Waals surface area contributed by atoms with Crippen molar-refractivity contribution >= 4 is 14.2 Å². The molecular weight excluding hydrogens is 487 g/mol. The average molecular weight is 505 g/mol. The van der Waals surface area contributed by atoms with Crippen LogP contribution >= 0.6 is 8.25 Å². The molecule has 3 N–H and O–H groups in total. The molecule has 0 bridgehead atoms. The summed E-state index contributed by atoms with van der Waals surface area (Å²) in [5.74, 6) is -5.26. The number of carbonyl (C=O) groups excluding carboxylic acids is 1. The molecule has 1 aliphatic rings. The van der Waals surface area contributed by atoms with E-state index in [1.807, 2.05) is 0 Å². The first kappa shape index (κ1) is 26.6. The maximum Gasteiger partial charge on any atom is 0.521 e. The first-order valence-electron chi connectivity index (χ1n) is 8.96. The highest BCUT2D eigenvalue weighted by molar-refractivity contribution is 7.30. The Hall–Kier alpha value is -2.65. The van der Waals surface area contributed by atoms with Crippen molar-refractivity contribution in [2.24, 2.45) is 5.73 Å². The topological polar surface area (TPSA) is 147 Å². The summed E-state index contributed by atoms with van der Waals surface area (Å²) in [7, 11) is -3.04. The summed E-state index contributed by atoms with van der Waals surface area (Å²) in [5.41, 5.74) is 5.21. The van der Waals surface area contributed by atoms with Crippen molar-refractivity contribution in [2.45, 2.75) is 38.1 Å². The second-order valence-electron chi connectivity index (χ2n) is 6.70. The van der Waals surface area contributed by atoms with Crippen LogP contribution in [0.1, 0.15) is 25.1 Å². The van der Waals surface area contributed by atoms with Gasteiger partial charge in [-0.1, -0.05) is 0 Å². The molecule has 0 aliphatic carbocycles. The highest BCUT2D eigenvalue weighted by Gasteiger charge is 2.40. The second-order valence-corrected chi connectivity index (χ2v) is 7.31. The van der Waals surface area contributed by atoms with Gasteiger partial charge < -0.3 is 20.1 Å². The summed E-state index contributed by atoms with van der Waals surface area (Å²) < 4.78 is 91.6. The number of alkyl halides is 3. The van der Waals surface area contributed by atoms with Gasteiger partial charge in [-0.2, -0.15) is 13.2 Å². The second kappa shape index (κ2) is 11.0. The summed E-state index contributed by atoms with van der Waals surface area (Å²) in [6.45, 7) is -0.370. The Balaban J connectivity index is 0.000000873. The minimum absolute atomic E-state index is 0. The molecule has 184 valence electrons.